The summed E-state index contributed by atoms with van der Waals surface area (Å²) in [6.45, 7) is 7.53. The number of phenols is 1. The first-order chi connectivity index (χ1) is 14.8. The molecule has 0 aliphatic carbocycles. The molecule has 0 amide bonds. The van der Waals surface area contributed by atoms with Crippen LogP contribution in [-0.4, -0.2) is 30.4 Å². The molecule has 1 aliphatic rings. The number of anilines is 2. The van der Waals surface area contributed by atoms with Gasteiger partial charge < -0.3 is 24.5 Å². The number of phenolic OH excluding ortho intramolecular Hbond substituents is 1. The fraction of sp³-hybridized carbons (Fsp3) is 0.375. The molecule has 4 rings (SSSR count). The van der Waals surface area contributed by atoms with Crippen LogP contribution in [0.4, 0.5) is 15.8 Å². The van der Waals surface area contributed by atoms with Crippen LogP contribution in [0.3, 0.4) is 0 Å². The number of rotatable bonds is 5. The fourth-order valence-electron chi connectivity index (χ4n) is 4.18. The van der Waals surface area contributed by atoms with Crippen LogP contribution in [0.5, 0.6) is 5.75 Å². The summed E-state index contributed by atoms with van der Waals surface area (Å²) in [4.78, 5) is 14.0. The van der Waals surface area contributed by atoms with Crippen molar-refractivity contribution in [3.05, 3.63) is 63.8 Å². The number of morpholine rings is 1. The molecule has 0 spiro atoms. The van der Waals surface area contributed by atoms with Gasteiger partial charge in [-0.1, -0.05) is 6.92 Å². The zero-order chi connectivity index (χ0) is 22.1. The number of aryl methyl sites for hydroxylation is 1. The maximum atomic E-state index is 14.9. The van der Waals surface area contributed by atoms with E-state index < -0.39 is 5.63 Å². The van der Waals surface area contributed by atoms with E-state index >= 15 is 0 Å². The van der Waals surface area contributed by atoms with E-state index in [0.29, 0.717) is 43.0 Å². The van der Waals surface area contributed by atoms with Crippen molar-refractivity contribution in [1.82, 2.24) is 0 Å². The summed E-state index contributed by atoms with van der Waals surface area (Å²) < 4.78 is 25.8. The quantitative estimate of drug-likeness (QED) is 0.588. The summed E-state index contributed by atoms with van der Waals surface area (Å²) in [5.74, 6) is -0.199. The molecule has 0 saturated carbocycles. The second-order valence-corrected chi connectivity index (χ2v) is 8.10. The number of ether oxygens (including phenoxy) is 1. The van der Waals surface area contributed by atoms with Gasteiger partial charge in [0.15, 0.2) is 0 Å². The van der Waals surface area contributed by atoms with E-state index in [-0.39, 0.29) is 23.8 Å². The van der Waals surface area contributed by atoms with Crippen LogP contribution in [-0.2, 0) is 17.7 Å². The second-order valence-electron chi connectivity index (χ2n) is 8.10. The van der Waals surface area contributed by atoms with Gasteiger partial charge in [0.1, 0.15) is 17.1 Å². The number of nitrogens with zero attached hydrogens (tertiary/aromatic N) is 1. The minimum absolute atomic E-state index is 0.0477. The van der Waals surface area contributed by atoms with Crippen molar-refractivity contribution in [2.75, 3.05) is 23.3 Å². The number of halogens is 1. The molecule has 2 atom stereocenters. The van der Waals surface area contributed by atoms with E-state index in [1.165, 1.54) is 18.2 Å². The van der Waals surface area contributed by atoms with Crippen molar-refractivity contribution in [3.8, 4) is 5.75 Å². The average molecular weight is 426 g/mol. The molecule has 31 heavy (non-hydrogen) atoms. The highest BCUT2D eigenvalue weighted by Gasteiger charge is 2.24. The molecule has 1 aromatic heterocycles. The van der Waals surface area contributed by atoms with E-state index in [1.54, 1.807) is 6.07 Å². The molecule has 164 valence electrons. The number of nitrogens with one attached hydrogen (secondary N) is 1. The summed E-state index contributed by atoms with van der Waals surface area (Å²) in [7, 11) is 0. The Hall–Kier alpha value is -3.06. The molecular formula is C24H27FN2O4. The molecule has 2 N–H and O–H groups in total. The highest BCUT2D eigenvalue weighted by atomic mass is 19.1. The molecule has 0 unspecified atom stereocenters. The third kappa shape index (κ3) is 4.51. The maximum Gasteiger partial charge on any atom is 0.336 e. The van der Waals surface area contributed by atoms with Crippen molar-refractivity contribution in [1.29, 1.82) is 0 Å². The Morgan fingerprint density at radius 2 is 1.87 bits per heavy atom. The lowest BCUT2D eigenvalue weighted by Gasteiger charge is -2.37. The summed E-state index contributed by atoms with van der Waals surface area (Å²) >= 11 is 0. The molecular weight excluding hydrogens is 399 g/mol. The number of hydrogen-bond donors (Lipinski definition) is 2. The lowest BCUT2D eigenvalue weighted by Crippen LogP contribution is -2.45. The monoisotopic (exact) mass is 426 g/mol. The van der Waals surface area contributed by atoms with Gasteiger partial charge >= 0.3 is 5.63 Å². The third-order valence-electron chi connectivity index (χ3n) is 5.60. The predicted molar refractivity (Wildman–Crippen MR) is 119 cm³/mol. The van der Waals surface area contributed by atoms with Crippen molar-refractivity contribution >= 4 is 22.3 Å². The number of benzene rings is 2. The van der Waals surface area contributed by atoms with Gasteiger partial charge in [0.05, 0.1) is 17.9 Å². The average Bonchev–Trinajstić information content (AvgIpc) is 2.70. The molecule has 2 heterocycles. The summed E-state index contributed by atoms with van der Waals surface area (Å²) in [6.07, 6.45) is 0.747. The van der Waals surface area contributed by atoms with Crippen LogP contribution in [0.15, 0.2) is 45.6 Å². The molecule has 0 bridgehead atoms. The van der Waals surface area contributed by atoms with Crippen LogP contribution >= 0.6 is 0 Å². The van der Waals surface area contributed by atoms with Crippen molar-refractivity contribution in [2.45, 2.75) is 45.9 Å². The zero-order valence-corrected chi connectivity index (χ0v) is 17.9. The summed E-state index contributed by atoms with van der Waals surface area (Å²) in [5, 5.41) is 14.0. The van der Waals surface area contributed by atoms with E-state index in [2.05, 4.69) is 5.32 Å². The minimum Gasteiger partial charge on any atom is -0.508 e. The number of hydrogen-bond acceptors (Lipinski definition) is 6. The highest BCUT2D eigenvalue weighted by Crippen LogP contribution is 2.29. The maximum absolute atomic E-state index is 14.9. The first kappa shape index (κ1) is 21.2. The first-order valence-electron chi connectivity index (χ1n) is 10.6. The van der Waals surface area contributed by atoms with Crippen molar-refractivity contribution in [2.24, 2.45) is 0 Å². The highest BCUT2D eigenvalue weighted by molar-refractivity contribution is 5.83. The SMILES string of the molecule is CCc1cc2c(CNc3ccc(N4C[C@@H](C)O[C@H](C)C4)c(F)c3)cc(=O)oc2cc1O. The molecule has 7 heteroatoms. The van der Waals surface area contributed by atoms with E-state index in [9.17, 15) is 14.3 Å². The lowest BCUT2D eigenvalue weighted by atomic mass is 10.0. The molecule has 3 aromatic rings. The Labute approximate surface area is 180 Å². The van der Waals surface area contributed by atoms with Gasteiger partial charge in [0, 0.05) is 42.8 Å². The molecule has 1 aliphatic heterocycles. The second kappa shape index (κ2) is 8.59. The number of aromatic hydroxyl groups is 1. The number of fused-ring (bicyclic) bond motifs is 1. The Morgan fingerprint density at radius 1 is 1.13 bits per heavy atom. The standard InChI is InChI=1S/C24H27FN2O4/c1-4-16-7-19-17(8-24(29)31-23(19)10-22(16)28)11-26-18-5-6-21(20(25)9-18)27-12-14(2)30-15(3)13-27/h5-10,14-15,26,28H,4,11-13H2,1-3H3/t14-,15-/m1/s1. The van der Waals surface area contributed by atoms with Gasteiger partial charge in [-0.2, -0.15) is 0 Å². The first-order valence-corrected chi connectivity index (χ1v) is 10.6. The summed E-state index contributed by atoms with van der Waals surface area (Å²) in [5.41, 5.74) is 2.50. The van der Waals surface area contributed by atoms with Gasteiger partial charge in [0.2, 0.25) is 0 Å². The molecule has 6 nitrogen and oxygen atoms in total. The third-order valence-corrected chi connectivity index (χ3v) is 5.60. The largest absolute Gasteiger partial charge is 0.508 e. The summed E-state index contributed by atoms with van der Waals surface area (Å²) in [6, 6.07) is 9.80. The Kier molecular flexibility index (Phi) is 5.87. The topological polar surface area (TPSA) is 74.9 Å². The Bertz CT molecular complexity index is 1150. The fourth-order valence-corrected chi connectivity index (χ4v) is 4.18. The van der Waals surface area contributed by atoms with Gasteiger partial charge in [0.25, 0.3) is 0 Å². The van der Waals surface area contributed by atoms with Crippen LogP contribution in [0.2, 0.25) is 0 Å². The smallest absolute Gasteiger partial charge is 0.336 e. The van der Waals surface area contributed by atoms with Crippen LogP contribution < -0.4 is 15.8 Å². The van der Waals surface area contributed by atoms with Crippen LogP contribution in [0.1, 0.15) is 31.9 Å². The van der Waals surface area contributed by atoms with Gasteiger partial charge in [-0.3, -0.25) is 0 Å². The van der Waals surface area contributed by atoms with E-state index in [1.807, 2.05) is 37.8 Å². The van der Waals surface area contributed by atoms with Crippen LogP contribution in [0.25, 0.3) is 11.0 Å². The lowest BCUT2D eigenvalue weighted by molar-refractivity contribution is -0.00539. The van der Waals surface area contributed by atoms with Gasteiger partial charge in [-0.05, 0) is 55.7 Å². The molecule has 0 radical (unpaired) electrons. The molecule has 1 saturated heterocycles. The van der Waals surface area contributed by atoms with Crippen molar-refractivity contribution in [3.63, 3.8) is 0 Å². The Balaban J connectivity index is 1.56. The van der Waals surface area contributed by atoms with Crippen LogP contribution in [0, 0.1) is 5.82 Å². The van der Waals surface area contributed by atoms with Gasteiger partial charge in [-0.25, -0.2) is 9.18 Å². The van der Waals surface area contributed by atoms with Crippen molar-refractivity contribution < 1.29 is 18.7 Å². The molecule has 1 fully saturated rings. The minimum atomic E-state index is -0.495. The van der Waals surface area contributed by atoms with E-state index in [4.69, 9.17) is 9.15 Å². The zero-order valence-electron chi connectivity index (χ0n) is 17.9. The molecule has 2 aromatic carbocycles. The Morgan fingerprint density at radius 3 is 2.55 bits per heavy atom. The predicted octanol–water partition coefficient (Wildman–Crippen LogP) is 4.43. The van der Waals surface area contributed by atoms with E-state index in [0.717, 1.165) is 16.5 Å². The van der Waals surface area contributed by atoms with Gasteiger partial charge in [-0.15, -0.1) is 0 Å². The normalized spacial score (nSPS) is 19.0.